The highest BCUT2D eigenvalue weighted by Gasteiger charge is 2.20. The molecular formula is C18H20N4O. The fourth-order valence-electron chi connectivity index (χ4n) is 3.32. The van der Waals surface area contributed by atoms with E-state index in [1.54, 1.807) is 7.11 Å². The van der Waals surface area contributed by atoms with E-state index < -0.39 is 0 Å². The number of nitrogens with zero attached hydrogens (tertiary/aromatic N) is 3. The van der Waals surface area contributed by atoms with Gasteiger partial charge < -0.3 is 10.5 Å². The van der Waals surface area contributed by atoms with Gasteiger partial charge in [0.1, 0.15) is 5.75 Å². The van der Waals surface area contributed by atoms with Crippen molar-refractivity contribution >= 4 is 11.0 Å². The van der Waals surface area contributed by atoms with Crippen LogP contribution in [0, 0.1) is 0 Å². The number of rotatable bonds is 3. The number of fused-ring (bicyclic) bond motifs is 3. The number of benzene rings is 1. The van der Waals surface area contributed by atoms with Gasteiger partial charge in [0.25, 0.3) is 0 Å². The molecule has 5 nitrogen and oxygen atoms in total. The van der Waals surface area contributed by atoms with E-state index in [0.29, 0.717) is 6.54 Å². The molecule has 23 heavy (non-hydrogen) atoms. The van der Waals surface area contributed by atoms with Crippen molar-refractivity contribution in [3.05, 3.63) is 53.3 Å². The van der Waals surface area contributed by atoms with Crippen molar-refractivity contribution in [2.45, 2.75) is 31.8 Å². The van der Waals surface area contributed by atoms with Crippen molar-refractivity contribution in [3.8, 4) is 5.75 Å². The zero-order valence-electron chi connectivity index (χ0n) is 13.2. The first-order valence-corrected chi connectivity index (χ1v) is 7.95. The van der Waals surface area contributed by atoms with Gasteiger partial charge in [-0.05, 0) is 48.1 Å². The minimum absolute atomic E-state index is 0.260. The van der Waals surface area contributed by atoms with Gasteiger partial charge in [0.2, 0.25) is 0 Å². The Morgan fingerprint density at radius 1 is 1.26 bits per heavy atom. The largest absolute Gasteiger partial charge is 0.497 e. The number of aromatic nitrogens is 3. The van der Waals surface area contributed by atoms with E-state index >= 15 is 0 Å². The van der Waals surface area contributed by atoms with Gasteiger partial charge in [-0.3, -0.25) is 0 Å². The van der Waals surface area contributed by atoms with Crippen molar-refractivity contribution in [2.75, 3.05) is 7.11 Å². The van der Waals surface area contributed by atoms with Crippen LogP contribution in [-0.4, -0.2) is 27.9 Å². The summed E-state index contributed by atoms with van der Waals surface area (Å²) < 4.78 is 7.16. The summed E-state index contributed by atoms with van der Waals surface area (Å²) in [5.41, 5.74) is 10.8. The van der Waals surface area contributed by atoms with E-state index in [1.165, 1.54) is 22.1 Å². The first-order chi connectivity index (χ1) is 11.2. The van der Waals surface area contributed by atoms with Gasteiger partial charge in [-0.2, -0.15) is 5.10 Å². The number of pyridine rings is 1. The minimum atomic E-state index is 0.260. The topological polar surface area (TPSA) is 66.0 Å². The fraction of sp³-hybridized carbons (Fsp3) is 0.333. The molecule has 1 aliphatic rings. The van der Waals surface area contributed by atoms with E-state index in [-0.39, 0.29) is 6.04 Å². The average Bonchev–Trinajstić information content (AvgIpc) is 2.98. The molecule has 3 aromatic rings. The highest BCUT2D eigenvalue weighted by atomic mass is 16.5. The van der Waals surface area contributed by atoms with Crippen LogP contribution in [0.3, 0.4) is 0 Å². The Bertz CT molecular complexity index is 838. The summed E-state index contributed by atoms with van der Waals surface area (Å²) in [6, 6.07) is 8.32. The molecule has 1 atom stereocenters. The van der Waals surface area contributed by atoms with E-state index in [4.69, 9.17) is 10.5 Å². The van der Waals surface area contributed by atoms with Gasteiger partial charge in [0, 0.05) is 17.6 Å². The Morgan fingerprint density at radius 3 is 2.87 bits per heavy atom. The van der Waals surface area contributed by atoms with Crippen LogP contribution in [0.1, 0.15) is 23.1 Å². The number of methoxy groups -OCH3 is 1. The Morgan fingerprint density at radius 2 is 2.09 bits per heavy atom. The lowest BCUT2D eigenvalue weighted by Crippen LogP contribution is -2.28. The maximum Gasteiger partial charge on any atom is 0.158 e. The van der Waals surface area contributed by atoms with Crippen LogP contribution in [0.4, 0.5) is 0 Å². The summed E-state index contributed by atoms with van der Waals surface area (Å²) in [6.07, 6.45) is 6.89. The number of aryl methyl sites for hydroxylation is 1. The van der Waals surface area contributed by atoms with Crippen molar-refractivity contribution in [2.24, 2.45) is 5.73 Å². The summed E-state index contributed by atoms with van der Waals surface area (Å²) in [5.74, 6) is 0.864. The Kier molecular flexibility index (Phi) is 3.50. The minimum Gasteiger partial charge on any atom is -0.497 e. The molecule has 0 amide bonds. The Hall–Kier alpha value is -2.40. The van der Waals surface area contributed by atoms with Crippen LogP contribution in [0.15, 0.2) is 36.7 Å². The maximum atomic E-state index is 6.07. The number of nitrogens with two attached hydrogens (primary N) is 1. The lowest BCUT2D eigenvalue weighted by molar-refractivity contribution is 0.414. The zero-order chi connectivity index (χ0) is 15.8. The fourth-order valence-corrected chi connectivity index (χ4v) is 3.32. The first kappa shape index (κ1) is 14.2. The number of hydrogen-bond acceptors (Lipinski definition) is 4. The lowest BCUT2D eigenvalue weighted by Gasteiger charge is -2.21. The molecule has 0 spiro atoms. The second-order valence-corrected chi connectivity index (χ2v) is 6.15. The third kappa shape index (κ3) is 2.57. The highest BCUT2D eigenvalue weighted by molar-refractivity contribution is 5.80. The molecule has 2 heterocycles. The third-order valence-corrected chi connectivity index (χ3v) is 4.61. The van der Waals surface area contributed by atoms with Crippen LogP contribution in [0.5, 0.6) is 5.75 Å². The quantitative estimate of drug-likeness (QED) is 0.806. The molecule has 0 saturated heterocycles. The molecule has 0 fully saturated rings. The van der Waals surface area contributed by atoms with Crippen molar-refractivity contribution < 1.29 is 4.74 Å². The number of ether oxygens (including phenoxy) is 1. The van der Waals surface area contributed by atoms with Crippen LogP contribution in [-0.2, 0) is 19.4 Å². The molecule has 2 aromatic heterocycles. The Labute approximate surface area is 135 Å². The normalized spacial score (nSPS) is 17.2. The van der Waals surface area contributed by atoms with Crippen LogP contribution >= 0.6 is 0 Å². The van der Waals surface area contributed by atoms with Crippen LogP contribution in [0.25, 0.3) is 11.0 Å². The van der Waals surface area contributed by atoms with Gasteiger partial charge in [-0.1, -0.05) is 12.1 Å². The SMILES string of the molecule is COc1ccc(Cn2ncc3c4c(cnc32)CC(N)CC4)cc1. The van der Waals surface area contributed by atoms with E-state index in [0.717, 1.165) is 30.7 Å². The summed E-state index contributed by atoms with van der Waals surface area (Å²) >= 11 is 0. The first-order valence-electron chi connectivity index (χ1n) is 7.95. The lowest BCUT2D eigenvalue weighted by atomic mass is 9.88. The van der Waals surface area contributed by atoms with Gasteiger partial charge in [-0.15, -0.1) is 0 Å². The highest BCUT2D eigenvalue weighted by Crippen LogP contribution is 2.27. The van der Waals surface area contributed by atoms with Crippen molar-refractivity contribution in [1.29, 1.82) is 0 Å². The second kappa shape index (κ2) is 5.66. The van der Waals surface area contributed by atoms with Gasteiger partial charge in [-0.25, -0.2) is 9.67 Å². The average molecular weight is 308 g/mol. The molecule has 4 rings (SSSR count). The van der Waals surface area contributed by atoms with E-state index in [2.05, 4.69) is 22.2 Å². The molecule has 5 heteroatoms. The molecule has 0 saturated carbocycles. The van der Waals surface area contributed by atoms with Gasteiger partial charge in [0.05, 0.1) is 19.9 Å². The molecule has 0 bridgehead atoms. The monoisotopic (exact) mass is 308 g/mol. The molecule has 1 unspecified atom stereocenters. The molecule has 0 radical (unpaired) electrons. The maximum absolute atomic E-state index is 6.07. The van der Waals surface area contributed by atoms with Crippen molar-refractivity contribution in [1.82, 2.24) is 14.8 Å². The summed E-state index contributed by atoms with van der Waals surface area (Å²) in [4.78, 5) is 4.64. The molecule has 118 valence electrons. The van der Waals surface area contributed by atoms with Crippen LogP contribution in [0.2, 0.25) is 0 Å². The molecule has 1 aromatic carbocycles. The predicted octanol–water partition coefficient (Wildman–Crippen LogP) is 2.30. The zero-order valence-corrected chi connectivity index (χ0v) is 13.2. The summed E-state index contributed by atoms with van der Waals surface area (Å²) in [6.45, 7) is 0.707. The van der Waals surface area contributed by atoms with Gasteiger partial charge in [0.15, 0.2) is 5.65 Å². The number of hydrogen-bond donors (Lipinski definition) is 1. The van der Waals surface area contributed by atoms with Crippen molar-refractivity contribution in [3.63, 3.8) is 0 Å². The third-order valence-electron chi connectivity index (χ3n) is 4.61. The van der Waals surface area contributed by atoms with Crippen LogP contribution < -0.4 is 10.5 Å². The molecule has 2 N–H and O–H groups in total. The standard InChI is InChI=1S/C18H20N4O/c1-23-15-5-2-12(3-6-15)11-22-18-17(10-21-22)16-7-4-14(19)8-13(16)9-20-18/h2-3,5-6,9-10,14H,4,7-8,11,19H2,1H3. The molecular weight excluding hydrogens is 288 g/mol. The molecule has 1 aliphatic carbocycles. The predicted molar refractivity (Wildman–Crippen MR) is 89.6 cm³/mol. The summed E-state index contributed by atoms with van der Waals surface area (Å²) in [7, 11) is 1.68. The smallest absolute Gasteiger partial charge is 0.158 e. The van der Waals surface area contributed by atoms with Gasteiger partial charge >= 0.3 is 0 Å². The summed E-state index contributed by atoms with van der Waals surface area (Å²) in [5, 5.41) is 5.72. The molecule has 0 aliphatic heterocycles. The second-order valence-electron chi connectivity index (χ2n) is 6.15. The van der Waals surface area contributed by atoms with E-state index in [1.807, 2.05) is 29.2 Å². The Balaban J connectivity index is 1.68. The van der Waals surface area contributed by atoms with E-state index in [9.17, 15) is 0 Å².